The summed E-state index contributed by atoms with van der Waals surface area (Å²) in [5.41, 5.74) is 4.59. The zero-order chi connectivity index (χ0) is 26.2. The highest BCUT2D eigenvalue weighted by molar-refractivity contribution is 6.05. The zero-order valence-electron chi connectivity index (χ0n) is 21.5. The van der Waals surface area contributed by atoms with Crippen LogP contribution >= 0.6 is 0 Å². The molecule has 4 aliphatic rings. The van der Waals surface area contributed by atoms with E-state index in [2.05, 4.69) is 39.4 Å². The Balaban J connectivity index is 1.13. The first kappa shape index (κ1) is 25.0. The Hall–Kier alpha value is -3.30. The molecule has 4 aliphatic heterocycles. The molecular weight excluding hydrogens is 487 g/mol. The number of fused-ring (bicyclic) bond motifs is 1. The third-order valence-corrected chi connectivity index (χ3v) is 8.38. The van der Waals surface area contributed by atoms with Crippen LogP contribution < -0.4 is 10.2 Å². The highest BCUT2D eigenvalue weighted by Crippen LogP contribution is 2.38. The molecule has 4 heterocycles. The highest BCUT2D eigenvalue weighted by atomic mass is 19.1. The number of anilines is 1. The summed E-state index contributed by atoms with van der Waals surface area (Å²) in [7, 11) is 0. The Bertz CT molecular complexity index is 1250. The summed E-state index contributed by atoms with van der Waals surface area (Å²) >= 11 is 0. The van der Waals surface area contributed by atoms with Gasteiger partial charge in [0.25, 0.3) is 5.91 Å². The van der Waals surface area contributed by atoms with Gasteiger partial charge in [0.2, 0.25) is 11.8 Å². The van der Waals surface area contributed by atoms with E-state index in [1.165, 1.54) is 22.2 Å². The number of ether oxygens (including phenoxy) is 1. The van der Waals surface area contributed by atoms with Crippen LogP contribution in [0.25, 0.3) is 0 Å². The van der Waals surface area contributed by atoms with E-state index in [4.69, 9.17) is 4.74 Å². The van der Waals surface area contributed by atoms with E-state index in [0.29, 0.717) is 12.0 Å². The third-order valence-electron chi connectivity index (χ3n) is 8.38. The summed E-state index contributed by atoms with van der Waals surface area (Å²) in [6.45, 7) is 6.28. The summed E-state index contributed by atoms with van der Waals surface area (Å²) in [5.74, 6) is -1.35. The number of carbonyl (C=O) groups excluding carboxylic acids is 3. The van der Waals surface area contributed by atoms with Crippen LogP contribution in [0.15, 0.2) is 36.4 Å². The Labute approximate surface area is 221 Å². The molecule has 2 aromatic rings. The quantitative estimate of drug-likeness (QED) is 0.611. The van der Waals surface area contributed by atoms with Gasteiger partial charge in [-0.05, 0) is 79.2 Å². The number of morpholine rings is 1. The van der Waals surface area contributed by atoms with Gasteiger partial charge in [0.05, 0.1) is 13.2 Å². The van der Waals surface area contributed by atoms with E-state index in [1.54, 1.807) is 6.07 Å². The molecule has 0 radical (unpaired) electrons. The van der Waals surface area contributed by atoms with Crippen molar-refractivity contribution in [3.8, 4) is 0 Å². The van der Waals surface area contributed by atoms with Gasteiger partial charge in [-0.1, -0.05) is 12.1 Å². The highest BCUT2D eigenvalue weighted by Gasteiger charge is 2.41. The normalized spacial score (nSPS) is 23.1. The number of imide groups is 1. The van der Waals surface area contributed by atoms with Crippen LogP contribution in [0.3, 0.4) is 0 Å². The lowest BCUT2D eigenvalue weighted by atomic mass is 9.85. The number of amides is 3. The predicted octanol–water partition coefficient (Wildman–Crippen LogP) is 2.80. The van der Waals surface area contributed by atoms with Crippen LogP contribution in [0.2, 0.25) is 0 Å². The van der Waals surface area contributed by atoms with E-state index >= 15 is 0 Å². The van der Waals surface area contributed by atoms with Gasteiger partial charge in [0.15, 0.2) is 0 Å². The van der Waals surface area contributed by atoms with Crippen molar-refractivity contribution in [1.29, 1.82) is 0 Å². The number of hydrogen-bond acceptors (Lipinski definition) is 6. The van der Waals surface area contributed by atoms with Crippen molar-refractivity contribution in [1.82, 2.24) is 15.1 Å². The fourth-order valence-corrected chi connectivity index (χ4v) is 6.35. The lowest BCUT2D eigenvalue weighted by Crippen LogP contribution is -2.52. The molecule has 1 unspecified atom stereocenters. The Morgan fingerprint density at radius 1 is 0.974 bits per heavy atom. The van der Waals surface area contributed by atoms with E-state index in [0.717, 1.165) is 69.9 Å². The largest absolute Gasteiger partial charge is 0.378 e. The molecule has 1 N–H and O–H groups in total. The summed E-state index contributed by atoms with van der Waals surface area (Å²) < 4.78 is 20.2. The van der Waals surface area contributed by atoms with Crippen LogP contribution in [0, 0.1) is 5.82 Å². The smallest absolute Gasteiger partial charge is 0.255 e. The minimum absolute atomic E-state index is 0.157. The van der Waals surface area contributed by atoms with E-state index in [-0.39, 0.29) is 30.7 Å². The number of halogens is 1. The fourth-order valence-electron chi connectivity index (χ4n) is 6.35. The Kier molecular flexibility index (Phi) is 6.88. The van der Waals surface area contributed by atoms with Crippen molar-refractivity contribution < 1.29 is 23.5 Å². The van der Waals surface area contributed by atoms with E-state index < -0.39 is 17.8 Å². The van der Waals surface area contributed by atoms with Crippen LogP contribution in [0.5, 0.6) is 0 Å². The van der Waals surface area contributed by atoms with Gasteiger partial charge in [0.1, 0.15) is 11.9 Å². The lowest BCUT2D eigenvalue weighted by Gasteiger charge is -2.34. The molecule has 38 heavy (non-hydrogen) atoms. The van der Waals surface area contributed by atoms with Crippen molar-refractivity contribution in [3.05, 3.63) is 64.5 Å². The lowest BCUT2D eigenvalue weighted by molar-refractivity contribution is -0.136. The van der Waals surface area contributed by atoms with Crippen molar-refractivity contribution in [2.75, 3.05) is 44.3 Å². The average Bonchev–Trinajstić information content (AvgIpc) is 3.25. The van der Waals surface area contributed by atoms with Gasteiger partial charge < -0.3 is 14.5 Å². The van der Waals surface area contributed by atoms with Crippen LogP contribution in [-0.2, 0) is 27.4 Å². The van der Waals surface area contributed by atoms with Crippen LogP contribution in [0.1, 0.15) is 58.6 Å². The first-order valence-corrected chi connectivity index (χ1v) is 13.6. The maximum Gasteiger partial charge on any atom is 0.255 e. The second-order valence-corrected chi connectivity index (χ2v) is 10.7. The predicted molar refractivity (Wildman–Crippen MR) is 139 cm³/mol. The van der Waals surface area contributed by atoms with Crippen LogP contribution in [0.4, 0.5) is 10.1 Å². The molecule has 0 aromatic heterocycles. The number of likely N-dealkylation sites (tertiary alicyclic amines) is 1. The SMILES string of the molecule is O=C1CCC(N2Cc3c(cc(F)cc3C3CCN(Cc4cccc(N5CCOCC5)c4)CC3)C2=O)C(=O)N1. The molecule has 0 bridgehead atoms. The topological polar surface area (TPSA) is 82.2 Å². The van der Waals surface area contributed by atoms with Gasteiger partial charge in [-0.2, -0.15) is 0 Å². The van der Waals surface area contributed by atoms with Gasteiger partial charge in [-0.25, -0.2) is 4.39 Å². The van der Waals surface area contributed by atoms with E-state index in [9.17, 15) is 18.8 Å². The maximum atomic E-state index is 14.7. The standard InChI is InChI=1S/C29H33FN4O4/c30-21-15-23(25-18-34(29(37)24(25)16-21)26-4-5-27(35)31-28(26)36)20-6-8-32(9-7-20)17-19-2-1-3-22(14-19)33-10-12-38-13-11-33/h1-3,14-16,20,26H,4-13,17-18H2,(H,31,35,36). The molecule has 2 aromatic carbocycles. The molecule has 200 valence electrons. The van der Waals surface area contributed by atoms with E-state index in [1.807, 2.05) is 0 Å². The number of hydrogen-bond donors (Lipinski definition) is 1. The van der Waals surface area contributed by atoms with Gasteiger partial charge in [-0.15, -0.1) is 0 Å². The number of rotatable bonds is 5. The molecule has 9 heteroatoms. The number of nitrogens with zero attached hydrogens (tertiary/aromatic N) is 3. The van der Waals surface area contributed by atoms with Gasteiger partial charge in [0, 0.05) is 43.9 Å². The third kappa shape index (κ3) is 4.92. The molecular formula is C29H33FN4O4. The summed E-state index contributed by atoms with van der Waals surface area (Å²) in [4.78, 5) is 43.5. The van der Waals surface area contributed by atoms with Crippen molar-refractivity contribution in [2.24, 2.45) is 0 Å². The summed E-state index contributed by atoms with van der Waals surface area (Å²) in [6, 6.07) is 10.9. The minimum atomic E-state index is -0.696. The molecule has 3 amide bonds. The van der Waals surface area contributed by atoms with Gasteiger partial charge >= 0.3 is 0 Å². The van der Waals surface area contributed by atoms with Crippen molar-refractivity contribution >= 4 is 23.4 Å². The molecule has 6 rings (SSSR count). The first-order chi connectivity index (χ1) is 18.5. The monoisotopic (exact) mass is 520 g/mol. The minimum Gasteiger partial charge on any atom is -0.378 e. The first-order valence-electron chi connectivity index (χ1n) is 13.6. The molecule has 0 spiro atoms. The fraction of sp³-hybridized carbons (Fsp3) is 0.483. The molecule has 3 fully saturated rings. The van der Waals surface area contributed by atoms with Crippen molar-refractivity contribution in [2.45, 2.75) is 50.7 Å². The number of benzene rings is 2. The summed E-state index contributed by atoms with van der Waals surface area (Å²) in [5, 5.41) is 2.33. The summed E-state index contributed by atoms with van der Waals surface area (Å²) in [6.07, 6.45) is 2.26. The number of carbonyl (C=O) groups is 3. The second kappa shape index (κ2) is 10.5. The van der Waals surface area contributed by atoms with Crippen LogP contribution in [-0.4, -0.2) is 73.0 Å². The number of nitrogens with one attached hydrogen (secondary N) is 1. The Morgan fingerprint density at radius 3 is 2.53 bits per heavy atom. The molecule has 3 saturated heterocycles. The average molecular weight is 521 g/mol. The number of piperidine rings is 2. The van der Waals surface area contributed by atoms with Crippen molar-refractivity contribution in [3.63, 3.8) is 0 Å². The molecule has 1 atom stereocenters. The van der Waals surface area contributed by atoms with Gasteiger partial charge in [-0.3, -0.25) is 24.6 Å². The zero-order valence-corrected chi connectivity index (χ0v) is 21.5. The molecule has 0 aliphatic carbocycles. The Morgan fingerprint density at radius 2 is 1.76 bits per heavy atom. The molecule has 8 nitrogen and oxygen atoms in total. The second-order valence-electron chi connectivity index (χ2n) is 10.7. The maximum absolute atomic E-state index is 14.7. The molecule has 0 saturated carbocycles.